The third kappa shape index (κ3) is 6.23. The molecule has 3 aliphatic rings. The molecule has 0 unspecified atom stereocenters. The summed E-state index contributed by atoms with van der Waals surface area (Å²) >= 11 is 0. The van der Waals surface area contributed by atoms with E-state index in [0.717, 1.165) is 0 Å². The van der Waals surface area contributed by atoms with Crippen LogP contribution >= 0.6 is 0 Å². The number of rotatable bonds is 6. The number of benzene rings is 15. The molecule has 0 amide bonds. The van der Waals surface area contributed by atoms with Crippen LogP contribution in [0.4, 0.5) is 0 Å². The largest absolute Gasteiger partial charge is 0.0616 e. The summed E-state index contributed by atoms with van der Waals surface area (Å²) in [6.07, 6.45) is 0. The molecule has 0 aromatic heterocycles. The van der Waals surface area contributed by atoms with Crippen LogP contribution in [-0.4, -0.2) is 0 Å². The van der Waals surface area contributed by atoms with Crippen molar-refractivity contribution in [1.82, 2.24) is 0 Å². The van der Waals surface area contributed by atoms with Crippen molar-refractivity contribution in [2.45, 2.75) is 43.9 Å². The van der Waals surface area contributed by atoms with Gasteiger partial charge in [0, 0.05) is 21.7 Å². The van der Waals surface area contributed by atoms with Gasteiger partial charge in [0.25, 0.3) is 0 Å². The minimum atomic E-state index is -0.521. The highest BCUT2D eigenvalue weighted by Crippen LogP contribution is 2.83. The lowest BCUT2D eigenvalue weighted by Crippen LogP contribution is -2.51. The Labute approximate surface area is 502 Å². The maximum Gasteiger partial charge on any atom is 0.0258 e. The summed E-state index contributed by atoms with van der Waals surface area (Å²) in [5.41, 5.74) is 21.6. The molecule has 0 saturated carbocycles. The molecule has 0 spiro atoms. The molecule has 3 aliphatic carbocycles. The first-order valence-corrected chi connectivity index (χ1v) is 30.6. The molecule has 0 heterocycles. The summed E-state index contributed by atoms with van der Waals surface area (Å²) < 4.78 is 0. The van der Waals surface area contributed by atoms with Crippen LogP contribution in [-0.2, 0) is 16.2 Å². The average molecular weight is 1090 g/mol. The van der Waals surface area contributed by atoms with Crippen LogP contribution in [0.1, 0.15) is 61.1 Å². The molecule has 0 saturated heterocycles. The summed E-state index contributed by atoms with van der Waals surface area (Å²) in [7, 11) is 0. The zero-order valence-corrected chi connectivity index (χ0v) is 48.7. The van der Waals surface area contributed by atoms with E-state index < -0.39 is 21.7 Å². The van der Waals surface area contributed by atoms with E-state index in [1.54, 1.807) is 0 Å². The van der Waals surface area contributed by atoms with Gasteiger partial charge < -0.3 is 0 Å². The maximum atomic E-state index is 2.71. The van der Waals surface area contributed by atoms with Crippen molar-refractivity contribution in [3.8, 4) is 66.8 Å². The standard InChI is InChI=1S/C86H60/c1-83-77-47-71(65-41-17-29-53-23-5-11-35-59(53)65)73(67-43-19-31-55-25-7-13-37-61(55)67)49-79(77)84(2)81-51-75(69-45-21-33-57-27-9-15-39-63(57)69)76(70-46-22-34-58-28-10-16-40-64(58)70)52-82(81)85(3,86(83,84)4)80-50-74(68-44-20-32-56-26-8-14-38-62(56)68)72(48-78(80)83)66-42-18-30-54-24-6-12-36-60(54)66/h5-52H,1-4H3. The fourth-order valence-corrected chi connectivity index (χ4v) is 17.9. The van der Waals surface area contributed by atoms with E-state index in [1.807, 2.05) is 0 Å². The van der Waals surface area contributed by atoms with Crippen LogP contribution in [0.3, 0.4) is 0 Å². The summed E-state index contributed by atoms with van der Waals surface area (Å²) in [6, 6.07) is 112. The highest BCUT2D eigenvalue weighted by atomic mass is 14.8. The van der Waals surface area contributed by atoms with E-state index in [0.29, 0.717) is 0 Å². The SMILES string of the molecule is CC12c3cc(-c4cccc5ccccc45)c(-c4cccc5ccccc45)cc3C3(C)c4cc(-c5cccc6ccccc56)c(-c5cccc6ccccc56)cc4C(C)(c4cc(-c5cccc6ccccc56)c(-c5cccc6ccccc56)cc41)C23C. The Hall–Kier alpha value is -10.1. The molecule has 0 N–H and O–H groups in total. The van der Waals surface area contributed by atoms with E-state index in [9.17, 15) is 0 Å². The molecule has 86 heavy (non-hydrogen) atoms. The highest BCUT2D eigenvalue weighted by Gasteiger charge is 2.80. The Kier molecular flexibility index (Phi) is 10.2. The Balaban J connectivity index is 1.04. The molecule has 0 nitrogen and oxygen atoms in total. The third-order valence-electron chi connectivity index (χ3n) is 22.2. The van der Waals surface area contributed by atoms with Gasteiger partial charge in [-0.25, -0.2) is 0 Å². The third-order valence-corrected chi connectivity index (χ3v) is 22.2. The van der Waals surface area contributed by atoms with Gasteiger partial charge in [-0.2, -0.15) is 0 Å². The van der Waals surface area contributed by atoms with Crippen molar-refractivity contribution in [2.24, 2.45) is 5.41 Å². The van der Waals surface area contributed by atoms with E-state index >= 15 is 0 Å². The van der Waals surface area contributed by atoms with Crippen molar-refractivity contribution in [3.05, 3.63) is 325 Å². The molecule has 0 bridgehead atoms. The minimum absolute atomic E-state index is 0.450. The number of hydrogen-bond donors (Lipinski definition) is 0. The second-order valence-electron chi connectivity index (χ2n) is 25.5. The lowest BCUT2D eigenvalue weighted by Gasteiger charge is -2.49. The van der Waals surface area contributed by atoms with Gasteiger partial charge in [-0.15, -0.1) is 0 Å². The quantitative estimate of drug-likeness (QED) is 0.156. The first-order valence-electron chi connectivity index (χ1n) is 30.6. The summed E-state index contributed by atoms with van der Waals surface area (Å²) in [4.78, 5) is 0. The van der Waals surface area contributed by atoms with Gasteiger partial charge in [-0.05, 0) is 201 Å². The predicted octanol–water partition coefficient (Wildman–Crippen LogP) is 22.9. The van der Waals surface area contributed by atoms with Gasteiger partial charge in [0.1, 0.15) is 0 Å². The summed E-state index contributed by atoms with van der Waals surface area (Å²) in [5, 5.41) is 15.0. The van der Waals surface area contributed by atoms with E-state index in [4.69, 9.17) is 0 Å². The van der Waals surface area contributed by atoms with Crippen LogP contribution in [0.2, 0.25) is 0 Å². The van der Waals surface area contributed by atoms with Crippen molar-refractivity contribution in [2.75, 3.05) is 0 Å². The molecule has 0 fully saturated rings. The van der Waals surface area contributed by atoms with Crippen molar-refractivity contribution in [3.63, 3.8) is 0 Å². The van der Waals surface area contributed by atoms with Crippen LogP contribution in [0.25, 0.3) is 131 Å². The first-order chi connectivity index (χ1) is 42.2. The second kappa shape index (κ2) is 17.7. The lowest BCUT2D eigenvalue weighted by molar-refractivity contribution is 0.0997. The highest BCUT2D eigenvalue weighted by molar-refractivity contribution is 6.10. The van der Waals surface area contributed by atoms with Gasteiger partial charge >= 0.3 is 0 Å². The minimum Gasteiger partial charge on any atom is -0.0616 e. The fourth-order valence-electron chi connectivity index (χ4n) is 17.9. The summed E-state index contributed by atoms with van der Waals surface area (Å²) in [5.74, 6) is 0. The Bertz CT molecular complexity index is 4550. The molecule has 404 valence electrons. The van der Waals surface area contributed by atoms with Gasteiger partial charge in [-0.1, -0.05) is 282 Å². The normalized spacial score (nSPS) is 19.8. The zero-order chi connectivity index (χ0) is 57.3. The zero-order valence-electron chi connectivity index (χ0n) is 48.7. The van der Waals surface area contributed by atoms with Crippen LogP contribution in [0.15, 0.2) is 291 Å². The van der Waals surface area contributed by atoms with Gasteiger partial charge in [0.15, 0.2) is 0 Å². The molecule has 0 heteroatoms. The Morgan fingerprint density at radius 3 is 0.488 bits per heavy atom. The van der Waals surface area contributed by atoms with Crippen molar-refractivity contribution < 1.29 is 0 Å². The monoisotopic (exact) mass is 1090 g/mol. The Morgan fingerprint density at radius 1 is 0.163 bits per heavy atom. The fraction of sp³-hybridized carbons (Fsp3) is 0.0930. The molecule has 0 radical (unpaired) electrons. The molecule has 15 aromatic rings. The molecular weight excluding hydrogens is 1030 g/mol. The van der Waals surface area contributed by atoms with Gasteiger partial charge in [0.2, 0.25) is 0 Å². The molecule has 0 atom stereocenters. The van der Waals surface area contributed by atoms with Gasteiger partial charge in [-0.3, -0.25) is 0 Å². The van der Waals surface area contributed by atoms with Crippen LogP contribution < -0.4 is 0 Å². The molecule has 0 aliphatic heterocycles. The number of hydrogen-bond acceptors (Lipinski definition) is 0. The number of fused-ring (bicyclic) bond motifs is 15. The second-order valence-corrected chi connectivity index (χ2v) is 25.5. The smallest absolute Gasteiger partial charge is 0.0258 e. The first kappa shape index (κ1) is 49.3. The average Bonchev–Trinajstić information content (AvgIpc) is 1.44. The molecular formula is C86H60. The maximum absolute atomic E-state index is 2.71. The van der Waals surface area contributed by atoms with Crippen molar-refractivity contribution in [1.29, 1.82) is 0 Å². The van der Waals surface area contributed by atoms with E-state index in [2.05, 4.69) is 319 Å². The van der Waals surface area contributed by atoms with E-state index in [1.165, 1.54) is 165 Å². The Morgan fingerprint density at radius 2 is 0.314 bits per heavy atom. The van der Waals surface area contributed by atoms with Crippen LogP contribution in [0, 0.1) is 5.41 Å². The topological polar surface area (TPSA) is 0 Å². The van der Waals surface area contributed by atoms with Gasteiger partial charge in [0.05, 0.1) is 0 Å². The molecule has 15 aromatic carbocycles. The predicted molar refractivity (Wildman–Crippen MR) is 364 cm³/mol. The lowest BCUT2D eigenvalue weighted by atomic mass is 9.52. The van der Waals surface area contributed by atoms with Crippen LogP contribution in [0.5, 0.6) is 0 Å². The van der Waals surface area contributed by atoms with E-state index in [-0.39, 0.29) is 0 Å². The molecule has 18 rings (SSSR count). The van der Waals surface area contributed by atoms with Crippen molar-refractivity contribution >= 4 is 64.6 Å². The summed E-state index contributed by atoms with van der Waals surface area (Å²) in [6.45, 7) is 10.7.